The Kier molecular flexibility index (Phi) is 4.47. The van der Waals surface area contributed by atoms with E-state index in [0.29, 0.717) is 16.7 Å². The molecule has 1 N–H and O–H groups in total. The number of halogens is 1. The molecule has 1 aromatic carbocycles. The van der Waals surface area contributed by atoms with E-state index in [2.05, 4.69) is 10.2 Å². The Bertz CT molecular complexity index is 923. The largest absolute Gasteiger partial charge is 0.506 e. The van der Waals surface area contributed by atoms with E-state index in [-0.39, 0.29) is 10.8 Å². The zero-order valence-corrected chi connectivity index (χ0v) is 14.6. The molecule has 0 fully saturated rings. The number of anilines is 1. The molecule has 0 saturated heterocycles. The predicted octanol–water partition coefficient (Wildman–Crippen LogP) is 3.36. The predicted molar refractivity (Wildman–Crippen MR) is 93.0 cm³/mol. The van der Waals surface area contributed by atoms with Crippen molar-refractivity contribution in [1.82, 2.24) is 10.2 Å². The topological polar surface area (TPSA) is 79.5 Å². The Labute approximate surface area is 144 Å². The van der Waals surface area contributed by atoms with Crippen LogP contribution in [0.5, 0.6) is 5.75 Å². The second-order valence-electron chi connectivity index (χ2n) is 4.92. The summed E-state index contributed by atoms with van der Waals surface area (Å²) in [5.74, 6) is 0.400. The Morgan fingerprint density at radius 1 is 1.35 bits per heavy atom. The number of fused-ring (bicyclic) bond motifs is 1. The summed E-state index contributed by atoms with van der Waals surface area (Å²) in [6.07, 6.45) is 0. The van der Waals surface area contributed by atoms with Crippen molar-refractivity contribution in [2.45, 2.75) is 10.1 Å². The summed E-state index contributed by atoms with van der Waals surface area (Å²) in [5.41, 5.74) is 0.604. The van der Waals surface area contributed by atoms with Gasteiger partial charge in [-0.2, -0.15) is 0 Å². The highest BCUT2D eigenvalue weighted by molar-refractivity contribution is 8.00. The summed E-state index contributed by atoms with van der Waals surface area (Å²) in [6, 6.07) is 4.37. The van der Waals surface area contributed by atoms with E-state index < -0.39 is 5.63 Å². The molecule has 6 nitrogen and oxygen atoms in total. The maximum atomic E-state index is 11.7. The Morgan fingerprint density at radius 3 is 2.83 bits per heavy atom. The minimum atomic E-state index is -0.471. The van der Waals surface area contributed by atoms with Crippen LogP contribution in [-0.2, 0) is 5.75 Å². The van der Waals surface area contributed by atoms with Crippen molar-refractivity contribution in [1.29, 1.82) is 0 Å². The van der Waals surface area contributed by atoms with Gasteiger partial charge in [0, 0.05) is 37.4 Å². The standard InChI is InChI=1S/C14H12ClN3O3S2/c1-18(2)13-16-17-14(23-13)22-6-7-3-12(20)21-11-5-10(19)9(15)4-8(7)11/h3-5,19H,6H2,1-2H3. The van der Waals surface area contributed by atoms with E-state index in [1.54, 1.807) is 6.07 Å². The van der Waals surface area contributed by atoms with Crippen molar-refractivity contribution in [3.05, 3.63) is 39.2 Å². The van der Waals surface area contributed by atoms with Crippen LogP contribution in [0.4, 0.5) is 5.13 Å². The summed E-state index contributed by atoms with van der Waals surface area (Å²) in [7, 11) is 3.80. The summed E-state index contributed by atoms with van der Waals surface area (Å²) >= 11 is 8.90. The van der Waals surface area contributed by atoms with Crippen molar-refractivity contribution in [3.8, 4) is 5.75 Å². The van der Waals surface area contributed by atoms with E-state index in [0.717, 1.165) is 15.0 Å². The molecule has 0 aliphatic heterocycles. The highest BCUT2D eigenvalue weighted by Crippen LogP contribution is 2.34. The van der Waals surface area contributed by atoms with Gasteiger partial charge in [0.05, 0.1) is 5.02 Å². The fourth-order valence-electron chi connectivity index (χ4n) is 1.94. The van der Waals surface area contributed by atoms with Crippen LogP contribution in [0.3, 0.4) is 0 Å². The van der Waals surface area contributed by atoms with Gasteiger partial charge in [0.2, 0.25) is 5.13 Å². The normalized spacial score (nSPS) is 11.1. The molecule has 0 saturated carbocycles. The van der Waals surface area contributed by atoms with Gasteiger partial charge in [0.15, 0.2) is 4.34 Å². The minimum absolute atomic E-state index is 0.119. The maximum absolute atomic E-state index is 11.7. The van der Waals surface area contributed by atoms with Crippen molar-refractivity contribution >= 4 is 50.8 Å². The summed E-state index contributed by atoms with van der Waals surface area (Å²) in [4.78, 5) is 13.6. The van der Waals surface area contributed by atoms with Crippen LogP contribution < -0.4 is 10.5 Å². The molecule has 0 spiro atoms. The number of phenols is 1. The second-order valence-corrected chi connectivity index (χ2v) is 7.51. The van der Waals surface area contributed by atoms with E-state index in [4.69, 9.17) is 16.0 Å². The molecular weight excluding hydrogens is 358 g/mol. The highest BCUT2D eigenvalue weighted by Gasteiger charge is 2.12. The van der Waals surface area contributed by atoms with Crippen LogP contribution in [0.25, 0.3) is 11.0 Å². The first-order chi connectivity index (χ1) is 10.9. The molecular formula is C14H12ClN3O3S2. The van der Waals surface area contributed by atoms with Gasteiger partial charge in [0.25, 0.3) is 0 Å². The summed E-state index contributed by atoms with van der Waals surface area (Å²) in [6.45, 7) is 0. The Morgan fingerprint density at radius 2 is 2.13 bits per heavy atom. The van der Waals surface area contributed by atoms with Crippen LogP contribution >= 0.6 is 34.7 Å². The maximum Gasteiger partial charge on any atom is 0.336 e. The molecule has 0 amide bonds. The lowest BCUT2D eigenvalue weighted by Gasteiger charge is -2.06. The molecule has 0 aliphatic rings. The van der Waals surface area contributed by atoms with E-state index >= 15 is 0 Å². The average molecular weight is 370 g/mol. The first kappa shape index (κ1) is 16.1. The Hall–Kier alpha value is -1.77. The monoisotopic (exact) mass is 369 g/mol. The third kappa shape index (κ3) is 3.44. The fraction of sp³-hybridized carbons (Fsp3) is 0.214. The molecule has 23 heavy (non-hydrogen) atoms. The molecule has 0 aliphatic carbocycles. The third-order valence-corrected chi connectivity index (χ3v) is 5.60. The van der Waals surface area contributed by atoms with Crippen molar-refractivity contribution in [2.75, 3.05) is 19.0 Å². The summed E-state index contributed by atoms with van der Waals surface area (Å²) < 4.78 is 5.92. The summed E-state index contributed by atoms with van der Waals surface area (Å²) in [5, 5.41) is 19.5. The van der Waals surface area contributed by atoms with Crippen molar-refractivity contribution in [2.24, 2.45) is 0 Å². The lowest BCUT2D eigenvalue weighted by molar-refractivity contribution is 0.473. The van der Waals surface area contributed by atoms with Crippen LogP contribution in [0, 0.1) is 0 Å². The van der Waals surface area contributed by atoms with Gasteiger partial charge in [0.1, 0.15) is 11.3 Å². The molecule has 3 rings (SSSR count). The van der Waals surface area contributed by atoms with E-state index in [9.17, 15) is 9.90 Å². The van der Waals surface area contributed by atoms with Gasteiger partial charge in [-0.3, -0.25) is 0 Å². The van der Waals surface area contributed by atoms with Gasteiger partial charge in [-0.15, -0.1) is 10.2 Å². The van der Waals surface area contributed by atoms with Gasteiger partial charge in [-0.1, -0.05) is 34.7 Å². The number of benzene rings is 1. The zero-order chi connectivity index (χ0) is 16.6. The molecule has 3 aromatic rings. The second kappa shape index (κ2) is 6.38. The quantitative estimate of drug-likeness (QED) is 0.558. The third-order valence-electron chi connectivity index (χ3n) is 3.03. The number of aromatic hydroxyl groups is 1. The molecule has 0 radical (unpaired) electrons. The number of hydrogen-bond donors (Lipinski definition) is 1. The molecule has 0 atom stereocenters. The number of phenolic OH excluding ortho intramolecular Hbond substituents is 1. The Balaban J connectivity index is 1.92. The first-order valence-corrected chi connectivity index (χ1v) is 8.71. The number of hydrogen-bond acceptors (Lipinski definition) is 8. The average Bonchev–Trinajstić information content (AvgIpc) is 2.96. The van der Waals surface area contributed by atoms with Crippen molar-refractivity contribution < 1.29 is 9.52 Å². The lowest BCUT2D eigenvalue weighted by Crippen LogP contribution is -2.07. The van der Waals surface area contributed by atoms with E-state index in [1.165, 1.54) is 35.2 Å². The van der Waals surface area contributed by atoms with Crippen LogP contribution in [0.2, 0.25) is 5.02 Å². The number of nitrogens with zero attached hydrogens (tertiary/aromatic N) is 3. The molecule has 0 bridgehead atoms. The fourth-order valence-corrected chi connectivity index (χ4v) is 3.85. The smallest absolute Gasteiger partial charge is 0.336 e. The number of rotatable bonds is 4. The highest BCUT2D eigenvalue weighted by atomic mass is 35.5. The van der Waals surface area contributed by atoms with Gasteiger partial charge in [-0.25, -0.2) is 4.79 Å². The van der Waals surface area contributed by atoms with Gasteiger partial charge < -0.3 is 14.4 Å². The molecule has 9 heteroatoms. The molecule has 2 aromatic heterocycles. The van der Waals surface area contributed by atoms with Crippen LogP contribution in [0.1, 0.15) is 5.56 Å². The SMILES string of the molecule is CN(C)c1nnc(SCc2cc(=O)oc3cc(O)c(Cl)cc23)s1. The minimum Gasteiger partial charge on any atom is -0.506 e. The van der Waals surface area contributed by atoms with E-state index in [1.807, 2.05) is 19.0 Å². The molecule has 2 heterocycles. The number of aromatic nitrogens is 2. The van der Waals surface area contributed by atoms with Crippen LogP contribution in [-0.4, -0.2) is 29.4 Å². The van der Waals surface area contributed by atoms with Crippen LogP contribution in [0.15, 0.2) is 31.8 Å². The van der Waals surface area contributed by atoms with Crippen molar-refractivity contribution in [3.63, 3.8) is 0 Å². The molecule has 0 unspecified atom stereocenters. The number of thioether (sulfide) groups is 1. The zero-order valence-electron chi connectivity index (χ0n) is 12.2. The lowest BCUT2D eigenvalue weighted by atomic mass is 10.1. The van der Waals surface area contributed by atoms with Gasteiger partial charge >= 0.3 is 5.63 Å². The van der Waals surface area contributed by atoms with Gasteiger partial charge in [-0.05, 0) is 11.6 Å². The molecule has 120 valence electrons. The first-order valence-electron chi connectivity index (χ1n) is 6.53.